The molecule has 0 aromatic carbocycles. The van der Waals surface area contributed by atoms with Crippen LogP contribution in [0.3, 0.4) is 0 Å². The summed E-state index contributed by atoms with van der Waals surface area (Å²) in [5.41, 5.74) is -2.55. The molecule has 3 fully saturated rings. The van der Waals surface area contributed by atoms with E-state index in [-0.39, 0.29) is 11.3 Å². The van der Waals surface area contributed by atoms with Crippen LogP contribution in [0.1, 0.15) is 59.8 Å². The van der Waals surface area contributed by atoms with Crippen molar-refractivity contribution in [2.75, 3.05) is 0 Å². The quantitative estimate of drug-likeness (QED) is 0.689. The Morgan fingerprint density at radius 2 is 1.90 bits per heavy atom. The van der Waals surface area contributed by atoms with Gasteiger partial charge in [-0.05, 0) is 32.1 Å². The van der Waals surface area contributed by atoms with Gasteiger partial charge in [-0.3, -0.25) is 0 Å². The Morgan fingerprint density at radius 1 is 1.25 bits per heavy atom. The zero-order valence-electron chi connectivity index (χ0n) is 13.0. The molecule has 3 N–H and O–H groups in total. The molecule has 4 heteroatoms. The number of hydrogen-bond donors (Lipinski definition) is 3. The minimum absolute atomic E-state index is 0.0949. The van der Waals surface area contributed by atoms with Crippen LogP contribution >= 0.6 is 0 Å². The van der Waals surface area contributed by atoms with Crippen LogP contribution in [0.5, 0.6) is 0 Å². The highest BCUT2D eigenvalue weighted by atomic mass is 16.6. The van der Waals surface area contributed by atoms with Gasteiger partial charge in [0, 0.05) is 24.2 Å². The van der Waals surface area contributed by atoms with Crippen LogP contribution in [0, 0.1) is 17.3 Å². The van der Waals surface area contributed by atoms with E-state index in [0.29, 0.717) is 18.8 Å². The van der Waals surface area contributed by atoms with Crippen LogP contribution in [0.15, 0.2) is 0 Å². The predicted octanol–water partition coefficient (Wildman–Crippen LogP) is 1.81. The lowest BCUT2D eigenvalue weighted by Gasteiger charge is -2.74. The molecule has 20 heavy (non-hydrogen) atoms. The second-order valence-electron chi connectivity index (χ2n) is 8.48. The third kappa shape index (κ3) is 1.88. The Hall–Kier alpha value is -0.160. The summed E-state index contributed by atoms with van der Waals surface area (Å²) in [4.78, 5) is 0. The van der Waals surface area contributed by atoms with Gasteiger partial charge in [0.05, 0.1) is 16.8 Å². The van der Waals surface area contributed by atoms with Gasteiger partial charge in [-0.15, -0.1) is 0 Å². The summed E-state index contributed by atoms with van der Waals surface area (Å²) in [5, 5.41) is 31.6. The molecule has 0 bridgehead atoms. The summed E-state index contributed by atoms with van der Waals surface area (Å²) in [7, 11) is 0. The standard InChI is InChI=1S/C16H28O4/c1-5-13(2,3)12(17)20-16-7-10-6-15(19,11(10)16)8-14(4,18)9-16/h10-12,17-19H,5-9H2,1-4H3. The zero-order valence-corrected chi connectivity index (χ0v) is 13.0. The second kappa shape index (κ2) is 3.97. The Kier molecular flexibility index (Phi) is 2.93. The number of aliphatic hydroxyl groups is 3. The van der Waals surface area contributed by atoms with Crippen molar-refractivity contribution in [1.82, 2.24) is 0 Å². The molecule has 6 unspecified atom stereocenters. The van der Waals surface area contributed by atoms with E-state index in [2.05, 4.69) is 0 Å². The molecule has 0 aliphatic heterocycles. The lowest BCUT2D eigenvalue weighted by atomic mass is 9.37. The summed E-state index contributed by atoms with van der Waals surface area (Å²) >= 11 is 0. The fraction of sp³-hybridized carbons (Fsp3) is 1.00. The monoisotopic (exact) mass is 284 g/mol. The maximum absolute atomic E-state index is 10.7. The van der Waals surface area contributed by atoms with Crippen LogP contribution in [0.4, 0.5) is 0 Å². The van der Waals surface area contributed by atoms with Gasteiger partial charge in [0.25, 0.3) is 0 Å². The first kappa shape index (κ1) is 14.8. The topological polar surface area (TPSA) is 69.9 Å². The fourth-order valence-electron chi connectivity index (χ4n) is 4.95. The Morgan fingerprint density at radius 3 is 2.45 bits per heavy atom. The average Bonchev–Trinajstić information content (AvgIpc) is 2.22. The summed E-state index contributed by atoms with van der Waals surface area (Å²) in [6.07, 6.45) is 2.53. The molecule has 0 heterocycles. The van der Waals surface area contributed by atoms with E-state index in [1.807, 2.05) is 20.8 Å². The smallest absolute Gasteiger partial charge is 0.160 e. The van der Waals surface area contributed by atoms with Crippen molar-refractivity contribution < 1.29 is 20.1 Å². The first-order chi connectivity index (χ1) is 9.04. The predicted molar refractivity (Wildman–Crippen MR) is 74.9 cm³/mol. The van der Waals surface area contributed by atoms with Gasteiger partial charge in [0.1, 0.15) is 0 Å². The highest BCUT2D eigenvalue weighted by molar-refractivity contribution is 5.25. The van der Waals surface area contributed by atoms with Crippen molar-refractivity contribution in [2.24, 2.45) is 17.3 Å². The molecular weight excluding hydrogens is 256 g/mol. The molecule has 0 aromatic heterocycles. The normalized spacial score (nSPS) is 51.8. The molecule has 0 spiro atoms. The summed E-state index contributed by atoms with van der Waals surface area (Å²) < 4.78 is 6.07. The fourth-order valence-corrected chi connectivity index (χ4v) is 4.95. The van der Waals surface area contributed by atoms with Gasteiger partial charge in [-0.25, -0.2) is 0 Å². The molecule has 116 valence electrons. The Bertz CT molecular complexity index is 419. The van der Waals surface area contributed by atoms with E-state index in [4.69, 9.17) is 4.74 Å². The van der Waals surface area contributed by atoms with Crippen molar-refractivity contribution in [3.05, 3.63) is 0 Å². The molecule has 3 rings (SSSR count). The van der Waals surface area contributed by atoms with Gasteiger partial charge in [0.15, 0.2) is 6.29 Å². The Balaban J connectivity index is 1.81. The van der Waals surface area contributed by atoms with E-state index in [9.17, 15) is 15.3 Å². The molecule has 3 saturated carbocycles. The first-order valence-corrected chi connectivity index (χ1v) is 7.84. The van der Waals surface area contributed by atoms with Crippen LogP contribution in [-0.4, -0.2) is 38.4 Å². The maximum Gasteiger partial charge on any atom is 0.160 e. The van der Waals surface area contributed by atoms with Crippen molar-refractivity contribution >= 4 is 0 Å². The van der Waals surface area contributed by atoms with E-state index in [1.165, 1.54) is 0 Å². The summed E-state index contributed by atoms with van der Waals surface area (Å²) in [5.74, 6) is 0.602. The average molecular weight is 284 g/mol. The van der Waals surface area contributed by atoms with Crippen molar-refractivity contribution in [3.8, 4) is 0 Å². The Labute approximate surface area is 121 Å². The third-order valence-corrected chi connectivity index (χ3v) is 6.13. The second-order valence-corrected chi connectivity index (χ2v) is 8.48. The summed E-state index contributed by atoms with van der Waals surface area (Å²) in [6.45, 7) is 7.77. The van der Waals surface area contributed by atoms with E-state index < -0.39 is 23.1 Å². The van der Waals surface area contributed by atoms with Crippen LogP contribution in [0.25, 0.3) is 0 Å². The van der Waals surface area contributed by atoms with Crippen LogP contribution < -0.4 is 0 Å². The number of aliphatic hydroxyl groups excluding tert-OH is 1. The van der Waals surface area contributed by atoms with Crippen molar-refractivity contribution in [3.63, 3.8) is 0 Å². The molecule has 0 aromatic rings. The van der Waals surface area contributed by atoms with Gasteiger partial charge in [-0.1, -0.05) is 20.8 Å². The maximum atomic E-state index is 10.7. The third-order valence-electron chi connectivity index (χ3n) is 6.13. The molecule has 3 aliphatic carbocycles. The molecule has 3 aliphatic rings. The molecule has 0 amide bonds. The van der Waals surface area contributed by atoms with Gasteiger partial charge < -0.3 is 20.1 Å². The number of ether oxygens (including phenoxy) is 1. The van der Waals surface area contributed by atoms with Gasteiger partial charge in [-0.2, -0.15) is 0 Å². The van der Waals surface area contributed by atoms with Crippen LogP contribution in [0.2, 0.25) is 0 Å². The van der Waals surface area contributed by atoms with Crippen molar-refractivity contribution in [2.45, 2.75) is 82.9 Å². The molecule has 4 nitrogen and oxygen atoms in total. The minimum Gasteiger partial charge on any atom is -0.390 e. The molecular formula is C16H28O4. The summed E-state index contributed by atoms with van der Waals surface area (Å²) in [6, 6.07) is 0. The van der Waals surface area contributed by atoms with Crippen molar-refractivity contribution in [1.29, 1.82) is 0 Å². The highest BCUT2D eigenvalue weighted by Crippen LogP contribution is 2.70. The molecule has 6 atom stereocenters. The lowest BCUT2D eigenvalue weighted by Crippen LogP contribution is -2.79. The highest BCUT2D eigenvalue weighted by Gasteiger charge is 2.75. The van der Waals surface area contributed by atoms with Crippen LogP contribution in [-0.2, 0) is 4.74 Å². The van der Waals surface area contributed by atoms with E-state index >= 15 is 0 Å². The SMILES string of the molecule is CCC(C)(C)C(O)OC12CC3CC(O)(CC(C)(O)C1)C32. The zero-order chi connectivity index (χ0) is 15.0. The van der Waals surface area contributed by atoms with E-state index in [0.717, 1.165) is 19.3 Å². The first-order valence-electron chi connectivity index (χ1n) is 7.84. The van der Waals surface area contributed by atoms with Gasteiger partial charge >= 0.3 is 0 Å². The lowest BCUT2D eigenvalue weighted by molar-refractivity contribution is -0.389. The number of hydrogen-bond acceptors (Lipinski definition) is 4. The molecule has 0 saturated heterocycles. The minimum atomic E-state index is -0.910. The van der Waals surface area contributed by atoms with E-state index in [1.54, 1.807) is 6.92 Å². The molecule has 0 radical (unpaired) electrons. The van der Waals surface area contributed by atoms with Gasteiger partial charge in [0.2, 0.25) is 0 Å². The number of rotatable bonds is 4. The largest absolute Gasteiger partial charge is 0.390 e.